The summed E-state index contributed by atoms with van der Waals surface area (Å²) in [7, 11) is 4.59. The summed E-state index contributed by atoms with van der Waals surface area (Å²) in [6.45, 7) is 0.202. The first-order chi connectivity index (χ1) is 12.5. The van der Waals surface area contributed by atoms with Crippen LogP contribution in [0.3, 0.4) is 0 Å². The molecule has 0 aliphatic heterocycles. The Morgan fingerprint density at radius 3 is 2.19 bits per heavy atom. The van der Waals surface area contributed by atoms with Gasteiger partial charge in [-0.25, -0.2) is 4.79 Å². The minimum atomic E-state index is -1.03. The van der Waals surface area contributed by atoms with Crippen LogP contribution in [0.5, 0.6) is 17.2 Å². The number of carbonyl (C=O) groups excluding carboxylic acids is 1. The predicted molar refractivity (Wildman–Crippen MR) is 95.1 cm³/mol. The molecule has 138 valence electrons. The number of methoxy groups -OCH3 is 3. The van der Waals surface area contributed by atoms with E-state index in [1.807, 2.05) is 0 Å². The first-order valence-corrected chi connectivity index (χ1v) is 7.86. The van der Waals surface area contributed by atoms with Crippen molar-refractivity contribution < 1.29 is 28.9 Å². The number of benzene rings is 2. The average Bonchev–Trinajstić information content (AvgIpc) is 2.65. The van der Waals surface area contributed by atoms with Gasteiger partial charge in [0.15, 0.2) is 0 Å². The van der Waals surface area contributed by atoms with E-state index in [2.05, 4.69) is 5.32 Å². The lowest BCUT2D eigenvalue weighted by molar-refractivity contribution is -0.120. The fraction of sp³-hybridized carbons (Fsp3) is 0.263. The van der Waals surface area contributed by atoms with Crippen molar-refractivity contribution in [2.75, 3.05) is 21.3 Å². The summed E-state index contributed by atoms with van der Waals surface area (Å²) >= 11 is 0. The van der Waals surface area contributed by atoms with Crippen LogP contribution in [0, 0.1) is 0 Å². The quantitative estimate of drug-likeness (QED) is 0.751. The molecule has 0 atom stereocenters. The van der Waals surface area contributed by atoms with Gasteiger partial charge in [0.2, 0.25) is 5.91 Å². The second-order valence-electron chi connectivity index (χ2n) is 5.47. The van der Waals surface area contributed by atoms with Gasteiger partial charge in [-0.15, -0.1) is 0 Å². The van der Waals surface area contributed by atoms with Crippen LogP contribution in [0.1, 0.15) is 21.5 Å². The van der Waals surface area contributed by atoms with Crippen molar-refractivity contribution in [2.24, 2.45) is 0 Å². The summed E-state index contributed by atoms with van der Waals surface area (Å²) in [6, 6.07) is 9.70. The molecule has 0 fully saturated rings. The molecule has 0 bridgehead atoms. The molecule has 2 aromatic carbocycles. The zero-order valence-corrected chi connectivity index (χ0v) is 14.9. The van der Waals surface area contributed by atoms with Crippen molar-refractivity contribution in [3.05, 3.63) is 53.1 Å². The van der Waals surface area contributed by atoms with Gasteiger partial charge in [0.05, 0.1) is 45.4 Å². The van der Waals surface area contributed by atoms with Gasteiger partial charge in [0.25, 0.3) is 0 Å². The molecule has 2 N–H and O–H groups in total. The fourth-order valence-corrected chi connectivity index (χ4v) is 2.50. The molecule has 26 heavy (non-hydrogen) atoms. The zero-order valence-electron chi connectivity index (χ0n) is 14.9. The van der Waals surface area contributed by atoms with Gasteiger partial charge in [0.1, 0.15) is 17.2 Å². The SMILES string of the molecule is COc1cc(OC)c(CNC(=O)Cc2cccc(C(=O)O)c2)c(OC)c1. The summed E-state index contributed by atoms with van der Waals surface area (Å²) < 4.78 is 15.9. The van der Waals surface area contributed by atoms with E-state index in [4.69, 9.17) is 19.3 Å². The Balaban J connectivity index is 2.09. The van der Waals surface area contributed by atoms with E-state index in [0.717, 1.165) is 0 Å². The highest BCUT2D eigenvalue weighted by Crippen LogP contribution is 2.33. The first-order valence-electron chi connectivity index (χ1n) is 7.86. The topological polar surface area (TPSA) is 94.1 Å². The Hall–Kier alpha value is -3.22. The molecule has 7 heteroatoms. The van der Waals surface area contributed by atoms with Crippen LogP contribution in [-0.2, 0) is 17.8 Å². The second kappa shape index (κ2) is 8.75. The van der Waals surface area contributed by atoms with Crippen molar-refractivity contribution in [1.29, 1.82) is 0 Å². The molecule has 0 saturated carbocycles. The molecule has 0 saturated heterocycles. The Bertz CT molecular complexity index is 777. The Labute approximate surface area is 151 Å². The van der Waals surface area contributed by atoms with E-state index in [0.29, 0.717) is 28.4 Å². The number of carboxylic acids is 1. The van der Waals surface area contributed by atoms with Crippen molar-refractivity contribution in [3.8, 4) is 17.2 Å². The van der Waals surface area contributed by atoms with Crippen LogP contribution in [0.2, 0.25) is 0 Å². The van der Waals surface area contributed by atoms with Gasteiger partial charge in [-0.05, 0) is 17.7 Å². The zero-order chi connectivity index (χ0) is 19.1. The van der Waals surface area contributed by atoms with Gasteiger partial charge < -0.3 is 24.6 Å². The normalized spacial score (nSPS) is 10.1. The van der Waals surface area contributed by atoms with E-state index in [1.54, 1.807) is 31.4 Å². The largest absolute Gasteiger partial charge is 0.496 e. The van der Waals surface area contributed by atoms with E-state index in [-0.39, 0.29) is 24.4 Å². The maximum Gasteiger partial charge on any atom is 0.335 e. The van der Waals surface area contributed by atoms with Crippen LogP contribution >= 0.6 is 0 Å². The number of hydrogen-bond donors (Lipinski definition) is 2. The summed E-state index contributed by atoms with van der Waals surface area (Å²) in [5, 5.41) is 11.8. The van der Waals surface area contributed by atoms with Crippen molar-refractivity contribution in [3.63, 3.8) is 0 Å². The molecule has 7 nitrogen and oxygen atoms in total. The number of aromatic carboxylic acids is 1. The molecule has 1 amide bonds. The first kappa shape index (κ1) is 19.1. The molecular weight excluding hydrogens is 338 g/mol. The summed E-state index contributed by atoms with van der Waals surface area (Å²) in [5.74, 6) is 0.385. The number of carboxylic acid groups (broad SMARTS) is 1. The van der Waals surface area contributed by atoms with Crippen LogP contribution in [-0.4, -0.2) is 38.3 Å². The van der Waals surface area contributed by atoms with Gasteiger partial charge in [0, 0.05) is 12.1 Å². The molecule has 2 aromatic rings. The van der Waals surface area contributed by atoms with E-state index >= 15 is 0 Å². The van der Waals surface area contributed by atoms with Crippen LogP contribution in [0.25, 0.3) is 0 Å². The Kier molecular flexibility index (Phi) is 6.43. The molecule has 0 aromatic heterocycles. The molecule has 0 radical (unpaired) electrons. The molecular formula is C19H21NO6. The minimum absolute atomic E-state index is 0.0713. The predicted octanol–water partition coefficient (Wildman–Crippen LogP) is 2.27. The van der Waals surface area contributed by atoms with Gasteiger partial charge in [-0.2, -0.15) is 0 Å². The molecule has 0 spiro atoms. The van der Waals surface area contributed by atoms with Gasteiger partial charge >= 0.3 is 5.97 Å². The highest BCUT2D eigenvalue weighted by atomic mass is 16.5. The Morgan fingerprint density at radius 2 is 1.65 bits per heavy atom. The maximum atomic E-state index is 12.2. The van der Waals surface area contributed by atoms with Crippen LogP contribution in [0.15, 0.2) is 36.4 Å². The van der Waals surface area contributed by atoms with Crippen LogP contribution < -0.4 is 19.5 Å². The van der Waals surface area contributed by atoms with E-state index < -0.39 is 5.97 Å². The summed E-state index contributed by atoms with van der Waals surface area (Å²) in [6.07, 6.45) is 0.0713. The Morgan fingerprint density at radius 1 is 1.00 bits per heavy atom. The third-order valence-electron chi connectivity index (χ3n) is 3.82. The smallest absolute Gasteiger partial charge is 0.335 e. The highest BCUT2D eigenvalue weighted by molar-refractivity contribution is 5.88. The number of ether oxygens (including phenoxy) is 3. The third kappa shape index (κ3) is 4.66. The molecule has 0 aliphatic rings. The monoisotopic (exact) mass is 359 g/mol. The highest BCUT2D eigenvalue weighted by Gasteiger charge is 2.15. The fourth-order valence-electron chi connectivity index (χ4n) is 2.50. The lowest BCUT2D eigenvalue weighted by atomic mass is 10.1. The third-order valence-corrected chi connectivity index (χ3v) is 3.82. The van der Waals surface area contributed by atoms with Crippen molar-refractivity contribution in [1.82, 2.24) is 5.32 Å². The van der Waals surface area contributed by atoms with E-state index in [1.165, 1.54) is 26.4 Å². The minimum Gasteiger partial charge on any atom is -0.496 e. The summed E-state index contributed by atoms with van der Waals surface area (Å²) in [5.41, 5.74) is 1.45. The number of carbonyl (C=O) groups is 2. The molecule has 2 rings (SSSR count). The van der Waals surface area contributed by atoms with Crippen molar-refractivity contribution >= 4 is 11.9 Å². The molecule has 0 heterocycles. The van der Waals surface area contributed by atoms with E-state index in [9.17, 15) is 9.59 Å². The lowest BCUT2D eigenvalue weighted by Gasteiger charge is -2.15. The lowest BCUT2D eigenvalue weighted by Crippen LogP contribution is -2.25. The molecule has 0 aliphatic carbocycles. The van der Waals surface area contributed by atoms with Gasteiger partial charge in [-0.3, -0.25) is 4.79 Å². The maximum absolute atomic E-state index is 12.2. The standard InChI is InChI=1S/C19H21NO6/c1-24-14-9-16(25-2)15(17(10-14)26-3)11-20-18(21)8-12-5-4-6-13(7-12)19(22)23/h4-7,9-10H,8,11H2,1-3H3,(H,20,21)(H,22,23). The van der Waals surface area contributed by atoms with Crippen LogP contribution in [0.4, 0.5) is 0 Å². The average molecular weight is 359 g/mol. The number of amides is 1. The number of hydrogen-bond acceptors (Lipinski definition) is 5. The number of nitrogens with one attached hydrogen (secondary N) is 1. The summed E-state index contributed by atoms with van der Waals surface area (Å²) in [4.78, 5) is 23.2. The number of rotatable bonds is 8. The molecule has 0 unspecified atom stereocenters. The second-order valence-corrected chi connectivity index (χ2v) is 5.47. The van der Waals surface area contributed by atoms with Gasteiger partial charge in [-0.1, -0.05) is 12.1 Å². The van der Waals surface area contributed by atoms with Crippen molar-refractivity contribution in [2.45, 2.75) is 13.0 Å².